The van der Waals surface area contributed by atoms with Gasteiger partial charge in [0.1, 0.15) is 16.9 Å². The Labute approximate surface area is 155 Å². The molecule has 0 aromatic heterocycles. The summed E-state index contributed by atoms with van der Waals surface area (Å²) in [5.41, 5.74) is 1.28. The number of thioether (sulfide) groups is 1. The van der Waals surface area contributed by atoms with Crippen molar-refractivity contribution in [1.82, 2.24) is 4.90 Å². The molecule has 1 aliphatic rings. The SMILES string of the molecule is COc1ccc([C@H]2SCCN2C(=O)c2ccc([N+](=O)[O-])cc2)c(OC)c1. The quantitative estimate of drug-likeness (QED) is 0.588. The van der Waals surface area contributed by atoms with Crippen LogP contribution in [0.2, 0.25) is 0 Å². The van der Waals surface area contributed by atoms with Gasteiger partial charge in [-0.25, -0.2) is 0 Å². The van der Waals surface area contributed by atoms with Crippen LogP contribution in [0.4, 0.5) is 5.69 Å². The highest BCUT2D eigenvalue weighted by atomic mass is 32.2. The number of hydrogen-bond donors (Lipinski definition) is 0. The topological polar surface area (TPSA) is 81.9 Å². The summed E-state index contributed by atoms with van der Waals surface area (Å²) in [4.78, 5) is 25.0. The van der Waals surface area contributed by atoms with Crippen LogP contribution in [0.15, 0.2) is 42.5 Å². The molecule has 0 unspecified atom stereocenters. The standard InChI is InChI=1S/C18H18N2O5S/c1-24-14-7-8-15(16(11-14)25-2)18-19(9-10-26-18)17(21)12-3-5-13(6-4-12)20(22)23/h3-8,11,18H,9-10H2,1-2H3/t18-/m1/s1. The van der Waals surface area contributed by atoms with Crippen LogP contribution in [0.3, 0.4) is 0 Å². The van der Waals surface area contributed by atoms with Crippen molar-refractivity contribution in [3.05, 3.63) is 63.7 Å². The first kappa shape index (κ1) is 18.1. The Kier molecular flexibility index (Phi) is 5.32. The largest absolute Gasteiger partial charge is 0.497 e. The minimum atomic E-state index is -0.481. The van der Waals surface area contributed by atoms with E-state index in [0.717, 1.165) is 11.3 Å². The summed E-state index contributed by atoms with van der Waals surface area (Å²) >= 11 is 1.65. The van der Waals surface area contributed by atoms with E-state index in [0.29, 0.717) is 23.6 Å². The Morgan fingerprint density at radius 3 is 2.54 bits per heavy atom. The smallest absolute Gasteiger partial charge is 0.269 e. The molecule has 0 aliphatic carbocycles. The zero-order valence-corrected chi connectivity index (χ0v) is 15.2. The molecule has 1 saturated heterocycles. The van der Waals surface area contributed by atoms with Crippen molar-refractivity contribution in [2.75, 3.05) is 26.5 Å². The molecule has 2 aromatic carbocycles. The van der Waals surface area contributed by atoms with Crippen molar-refractivity contribution in [3.8, 4) is 11.5 Å². The lowest BCUT2D eigenvalue weighted by Gasteiger charge is -2.25. The van der Waals surface area contributed by atoms with Gasteiger partial charge >= 0.3 is 0 Å². The van der Waals surface area contributed by atoms with Gasteiger partial charge in [0.25, 0.3) is 11.6 Å². The van der Waals surface area contributed by atoms with Crippen molar-refractivity contribution in [1.29, 1.82) is 0 Å². The summed E-state index contributed by atoms with van der Waals surface area (Å²) in [5, 5.41) is 10.6. The summed E-state index contributed by atoms with van der Waals surface area (Å²) in [7, 11) is 3.17. The van der Waals surface area contributed by atoms with Gasteiger partial charge in [0.05, 0.1) is 19.1 Å². The van der Waals surface area contributed by atoms with E-state index in [1.54, 1.807) is 36.9 Å². The highest BCUT2D eigenvalue weighted by Gasteiger charge is 2.33. The number of non-ortho nitro benzene ring substituents is 1. The number of nitro benzene ring substituents is 1. The van der Waals surface area contributed by atoms with Crippen LogP contribution in [-0.4, -0.2) is 42.2 Å². The molecule has 1 fully saturated rings. The Hall–Kier alpha value is -2.74. The third kappa shape index (κ3) is 3.45. The number of carbonyl (C=O) groups excluding carboxylic acids is 1. The summed E-state index contributed by atoms with van der Waals surface area (Å²) in [6.07, 6.45) is 0. The van der Waals surface area contributed by atoms with E-state index >= 15 is 0 Å². The van der Waals surface area contributed by atoms with Gasteiger partial charge in [-0.05, 0) is 24.3 Å². The van der Waals surface area contributed by atoms with E-state index in [4.69, 9.17) is 9.47 Å². The molecule has 3 rings (SSSR count). The monoisotopic (exact) mass is 374 g/mol. The van der Waals surface area contributed by atoms with Crippen LogP contribution in [0.1, 0.15) is 21.3 Å². The number of nitrogens with zero attached hydrogens (tertiary/aromatic N) is 2. The highest BCUT2D eigenvalue weighted by molar-refractivity contribution is 7.99. The average molecular weight is 374 g/mol. The second-order valence-electron chi connectivity index (χ2n) is 5.63. The molecule has 0 bridgehead atoms. The van der Waals surface area contributed by atoms with Crippen LogP contribution < -0.4 is 9.47 Å². The lowest BCUT2D eigenvalue weighted by Crippen LogP contribution is -2.30. The van der Waals surface area contributed by atoms with Crippen molar-refractivity contribution >= 4 is 23.4 Å². The fraction of sp³-hybridized carbons (Fsp3) is 0.278. The minimum absolute atomic E-state index is 0.0364. The molecule has 1 aliphatic heterocycles. The van der Waals surface area contributed by atoms with E-state index in [1.165, 1.54) is 24.3 Å². The summed E-state index contributed by atoms with van der Waals surface area (Å²) in [5.74, 6) is 1.98. The van der Waals surface area contributed by atoms with Crippen LogP contribution in [-0.2, 0) is 0 Å². The van der Waals surface area contributed by atoms with Gasteiger partial charge in [-0.15, -0.1) is 11.8 Å². The average Bonchev–Trinajstić information content (AvgIpc) is 3.16. The van der Waals surface area contributed by atoms with E-state index in [-0.39, 0.29) is 17.0 Å². The van der Waals surface area contributed by atoms with Crippen LogP contribution in [0.25, 0.3) is 0 Å². The Morgan fingerprint density at radius 1 is 1.19 bits per heavy atom. The number of rotatable bonds is 5. The second-order valence-corrected chi connectivity index (χ2v) is 6.82. The molecule has 1 atom stereocenters. The van der Waals surface area contributed by atoms with Gasteiger partial charge in [0.15, 0.2) is 0 Å². The number of ether oxygens (including phenoxy) is 2. The third-order valence-corrected chi connectivity index (χ3v) is 5.43. The molecule has 26 heavy (non-hydrogen) atoms. The second kappa shape index (κ2) is 7.65. The van der Waals surface area contributed by atoms with E-state index in [9.17, 15) is 14.9 Å². The number of methoxy groups -OCH3 is 2. The molecule has 0 N–H and O–H groups in total. The van der Waals surface area contributed by atoms with Gasteiger partial charge in [0.2, 0.25) is 0 Å². The van der Waals surface area contributed by atoms with Crippen molar-refractivity contribution in [2.24, 2.45) is 0 Å². The number of carbonyl (C=O) groups is 1. The van der Waals surface area contributed by atoms with Crippen LogP contribution >= 0.6 is 11.8 Å². The first-order valence-corrected chi connectivity index (χ1v) is 8.99. The molecule has 0 spiro atoms. The highest BCUT2D eigenvalue weighted by Crippen LogP contribution is 2.43. The zero-order chi connectivity index (χ0) is 18.7. The summed E-state index contributed by atoms with van der Waals surface area (Å²) in [6.45, 7) is 0.598. The molecule has 7 nitrogen and oxygen atoms in total. The van der Waals surface area contributed by atoms with Gasteiger partial charge in [-0.2, -0.15) is 0 Å². The fourth-order valence-electron chi connectivity index (χ4n) is 2.85. The fourth-order valence-corrected chi connectivity index (χ4v) is 4.13. The van der Waals surface area contributed by atoms with Gasteiger partial charge in [0, 0.05) is 41.6 Å². The minimum Gasteiger partial charge on any atom is -0.497 e. The molecule has 2 aromatic rings. The van der Waals surface area contributed by atoms with Gasteiger partial charge in [-0.1, -0.05) is 0 Å². The molecule has 0 radical (unpaired) electrons. The van der Waals surface area contributed by atoms with Crippen molar-refractivity contribution in [2.45, 2.75) is 5.37 Å². The predicted octanol–water partition coefficient (Wildman–Crippen LogP) is 3.50. The first-order valence-electron chi connectivity index (χ1n) is 7.94. The van der Waals surface area contributed by atoms with E-state index < -0.39 is 4.92 Å². The Morgan fingerprint density at radius 2 is 1.92 bits per heavy atom. The van der Waals surface area contributed by atoms with Crippen LogP contribution in [0.5, 0.6) is 11.5 Å². The predicted molar refractivity (Wildman–Crippen MR) is 98.9 cm³/mol. The Balaban J connectivity index is 1.88. The molecule has 136 valence electrons. The van der Waals surface area contributed by atoms with Gasteiger partial charge in [-0.3, -0.25) is 14.9 Å². The maximum absolute atomic E-state index is 12.9. The lowest BCUT2D eigenvalue weighted by molar-refractivity contribution is -0.384. The molecule has 8 heteroatoms. The van der Waals surface area contributed by atoms with E-state index in [2.05, 4.69) is 0 Å². The maximum Gasteiger partial charge on any atom is 0.269 e. The maximum atomic E-state index is 12.9. The Bertz CT molecular complexity index is 825. The summed E-state index contributed by atoms with van der Waals surface area (Å²) < 4.78 is 10.7. The van der Waals surface area contributed by atoms with Crippen molar-refractivity contribution in [3.63, 3.8) is 0 Å². The molecule has 1 heterocycles. The normalized spacial score (nSPS) is 16.4. The molecule has 1 amide bonds. The van der Waals surface area contributed by atoms with Crippen LogP contribution in [0, 0.1) is 10.1 Å². The first-order chi connectivity index (χ1) is 12.5. The third-order valence-electron chi connectivity index (χ3n) is 4.18. The zero-order valence-electron chi connectivity index (χ0n) is 14.4. The number of amides is 1. The molecular weight excluding hydrogens is 356 g/mol. The number of nitro groups is 1. The summed E-state index contributed by atoms with van der Waals surface area (Å²) in [6, 6.07) is 11.2. The number of hydrogen-bond acceptors (Lipinski definition) is 6. The number of benzene rings is 2. The molecular formula is C18H18N2O5S. The lowest BCUT2D eigenvalue weighted by atomic mass is 10.1. The van der Waals surface area contributed by atoms with Gasteiger partial charge < -0.3 is 14.4 Å². The van der Waals surface area contributed by atoms with E-state index in [1.807, 2.05) is 12.1 Å². The molecule has 0 saturated carbocycles. The van der Waals surface area contributed by atoms with Crippen molar-refractivity contribution < 1.29 is 19.2 Å².